The van der Waals surface area contributed by atoms with Gasteiger partial charge in [-0.1, -0.05) is 5.92 Å². The molecule has 70 valence electrons. The highest BCUT2D eigenvalue weighted by atomic mass is 16.2. The van der Waals surface area contributed by atoms with Crippen LogP contribution in [0, 0.1) is 12.3 Å². The maximum absolute atomic E-state index is 11.3. The Bertz CT molecular complexity index is 267. The number of amides is 2. The molecule has 2 atom stereocenters. The molecule has 1 unspecified atom stereocenters. The molecule has 1 heterocycles. The molecule has 2 amide bonds. The predicted octanol–water partition coefficient (Wildman–Crippen LogP) is -0.597. The molecule has 4 heteroatoms. The zero-order chi connectivity index (χ0) is 9.84. The SMILES string of the molecule is C#CC(C)NC(=O)[C@@H]1CCC(=O)N1. The Balaban J connectivity index is 2.41. The third kappa shape index (κ3) is 2.48. The van der Waals surface area contributed by atoms with Gasteiger partial charge >= 0.3 is 0 Å². The molecule has 0 aromatic heterocycles. The van der Waals surface area contributed by atoms with Gasteiger partial charge in [0.15, 0.2) is 0 Å². The van der Waals surface area contributed by atoms with Crippen molar-refractivity contribution in [2.45, 2.75) is 31.8 Å². The first-order valence-electron chi connectivity index (χ1n) is 4.19. The Labute approximate surface area is 77.1 Å². The zero-order valence-electron chi connectivity index (χ0n) is 7.46. The third-order valence-corrected chi connectivity index (χ3v) is 1.92. The van der Waals surface area contributed by atoms with Gasteiger partial charge in [0.05, 0.1) is 6.04 Å². The smallest absolute Gasteiger partial charge is 0.243 e. The van der Waals surface area contributed by atoms with Crippen molar-refractivity contribution in [2.75, 3.05) is 0 Å². The molecular formula is C9H12N2O2. The van der Waals surface area contributed by atoms with E-state index in [-0.39, 0.29) is 17.9 Å². The summed E-state index contributed by atoms with van der Waals surface area (Å²) in [6.45, 7) is 1.72. The molecule has 4 nitrogen and oxygen atoms in total. The van der Waals surface area contributed by atoms with Gasteiger partial charge in [0.1, 0.15) is 6.04 Å². The second-order valence-electron chi connectivity index (χ2n) is 3.06. The Hall–Kier alpha value is -1.50. The van der Waals surface area contributed by atoms with Crippen LogP contribution in [0.4, 0.5) is 0 Å². The van der Waals surface area contributed by atoms with Crippen molar-refractivity contribution >= 4 is 11.8 Å². The maximum Gasteiger partial charge on any atom is 0.243 e. The van der Waals surface area contributed by atoms with Gasteiger partial charge in [-0.15, -0.1) is 6.42 Å². The zero-order valence-corrected chi connectivity index (χ0v) is 7.46. The van der Waals surface area contributed by atoms with E-state index in [2.05, 4.69) is 16.6 Å². The molecule has 1 saturated heterocycles. The summed E-state index contributed by atoms with van der Waals surface area (Å²) in [6, 6.07) is -0.687. The number of terminal acetylenes is 1. The normalized spacial score (nSPS) is 23.1. The van der Waals surface area contributed by atoms with Gasteiger partial charge in [-0.05, 0) is 13.3 Å². The van der Waals surface area contributed by atoms with Crippen LogP contribution in [0.5, 0.6) is 0 Å². The molecule has 1 rings (SSSR count). The molecule has 0 radical (unpaired) electrons. The van der Waals surface area contributed by atoms with E-state index in [0.29, 0.717) is 12.8 Å². The summed E-state index contributed by atoms with van der Waals surface area (Å²) in [4.78, 5) is 22.1. The molecule has 0 saturated carbocycles. The molecule has 2 N–H and O–H groups in total. The summed E-state index contributed by atoms with van der Waals surface area (Å²) in [5.74, 6) is 2.11. The lowest BCUT2D eigenvalue weighted by atomic mass is 10.2. The molecule has 1 aliphatic rings. The van der Waals surface area contributed by atoms with Crippen LogP contribution in [0.25, 0.3) is 0 Å². The van der Waals surface area contributed by atoms with Gasteiger partial charge in [0, 0.05) is 6.42 Å². The largest absolute Gasteiger partial charge is 0.344 e. The van der Waals surface area contributed by atoms with Crippen LogP contribution in [0.15, 0.2) is 0 Å². The van der Waals surface area contributed by atoms with E-state index in [1.807, 2.05) is 0 Å². The molecule has 0 bridgehead atoms. The maximum atomic E-state index is 11.3. The third-order valence-electron chi connectivity index (χ3n) is 1.92. The average Bonchev–Trinajstić information content (AvgIpc) is 2.51. The van der Waals surface area contributed by atoms with Crippen LogP contribution in [0.2, 0.25) is 0 Å². The Kier molecular flexibility index (Phi) is 2.91. The van der Waals surface area contributed by atoms with E-state index in [0.717, 1.165) is 0 Å². The van der Waals surface area contributed by atoms with Crippen molar-refractivity contribution in [3.63, 3.8) is 0 Å². The highest BCUT2D eigenvalue weighted by Crippen LogP contribution is 2.06. The number of rotatable bonds is 2. The Morgan fingerprint density at radius 1 is 1.85 bits per heavy atom. The van der Waals surface area contributed by atoms with Gasteiger partial charge in [0.2, 0.25) is 11.8 Å². The van der Waals surface area contributed by atoms with Crippen molar-refractivity contribution in [3.05, 3.63) is 0 Å². The van der Waals surface area contributed by atoms with Crippen LogP contribution in [-0.4, -0.2) is 23.9 Å². The fourth-order valence-electron chi connectivity index (χ4n) is 1.17. The number of hydrogen-bond donors (Lipinski definition) is 2. The summed E-state index contributed by atoms with van der Waals surface area (Å²) in [6.07, 6.45) is 6.07. The minimum atomic E-state index is -0.400. The van der Waals surface area contributed by atoms with Crippen LogP contribution in [0.3, 0.4) is 0 Å². The summed E-state index contributed by atoms with van der Waals surface area (Å²) >= 11 is 0. The highest BCUT2D eigenvalue weighted by Gasteiger charge is 2.27. The first-order valence-corrected chi connectivity index (χ1v) is 4.19. The van der Waals surface area contributed by atoms with Gasteiger partial charge < -0.3 is 10.6 Å². The van der Waals surface area contributed by atoms with Crippen LogP contribution < -0.4 is 10.6 Å². The standard InChI is InChI=1S/C9H12N2O2/c1-3-6(2)10-9(13)7-4-5-8(12)11-7/h1,6-7H,4-5H2,2H3,(H,10,13)(H,11,12)/t6?,7-/m0/s1. The summed E-state index contributed by atoms with van der Waals surface area (Å²) < 4.78 is 0. The fourth-order valence-corrected chi connectivity index (χ4v) is 1.17. The van der Waals surface area contributed by atoms with Gasteiger partial charge in [-0.2, -0.15) is 0 Å². The van der Waals surface area contributed by atoms with Crippen molar-refractivity contribution in [2.24, 2.45) is 0 Å². The average molecular weight is 180 g/mol. The monoisotopic (exact) mass is 180 g/mol. The molecular weight excluding hydrogens is 168 g/mol. The fraction of sp³-hybridized carbons (Fsp3) is 0.556. The minimum Gasteiger partial charge on any atom is -0.344 e. The summed E-state index contributed by atoms with van der Waals surface area (Å²) in [5, 5.41) is 5.17. The van der Waals surface area contributed by atoms with Gasteiger partial charge in [-0.3, -0.25) is 9.59 Å². The van der Waals surface area contributed by atoms with E-state index in [1.54, 1.807) is 6.92 Å². The van der Waals surface area contributed by atoms with E-state index in [4.69, 9.17) is 6.42 Å². The second-order valence-corrected chi connectivity index (χ2v) is 3.06. The molecule has 13 heavy (non-hydrogen) atoms. The predicted molar refractivity (Wildman–Crippen MR) is 47.6 cm³/mol. The topological polar surface area (TPSA) is 58.2 Å². The lowest BCUT2D eigenvalue weighted by molar-refractivity contribution is -0.125. The van der Waals surface area contributed by atoms with Crippen molar-refractivity contribution in [1.82, 2.24) is 10.6 Å². The van der Waals surface area contributed by atoms with E-state index < -0.39 is 6.04 Å². The Morgan fingerprint density at radius 3 is 3.00 bits per heavy atom. The van der Waals surface area contributed by atoms with Crippen molar-refractivity contribution in [1.29, 1.82) is 0 Å². The summed E-state index contributed by atoms with van der Waals surface area (Å²) in [7, 11) is 0. The second kappa shape index (κ2) is 3.94. The lowest BCUT2D eigenvalue weighted by Gasteiger charge is -2.12. The van der Waals surface area contributed by atoms with Gasteiger partial charge in [0.25, 0.3) is 0 Å². The minimum absolute atomic E-state index is 0.0755. The molecule has 0 aromatic carbocycles. The number of carbonyl (C=O) groups excluding carboxylic acids is 2. The first-order chi connectivity index (χ1) is 6.13. The molecule has 1 aliphatic heterocycles. The van der Waals surface area contributed by atoms with E-state index in [9.17, 15) is 9.59 Å². The van der Waals surface area contributed by atoms with Crippen LogP contribution >= 0.6 is 0 Å². The first kappa shape index (κ1) is 9.59. The number of nitrogens with one attached hydrogen (secondary N) is 2. The van der Waals surface area contributed by atoms with Crippen molar-refractivity contribution in [3.8, 4) is 12.3 Å². The van der Waals surface area contributed by atoms with Crippen molar-refractivity contribution < 1.29 is 9.59 Å². The highest BCUT2D eigenvalue weighted by molar-refractivity contribution is 5.91. The van der Waals surface area contributed by atoms with E-state index >= 15 is 0 Å². The van der Waals surface area contributed by atoms with Gasteiger partial charge in [-0.25, -0.2) is 0 Å². The van der Waals surface area contributed by atoms with Crippen LogP contribution in [-0.2, 0) is 9.59 Å². The Morgan fingerprint density at radius 2 is 2.54 bits per heavy atom. The lowest BCUT2D eigenvalue weighted by Crippen LogP contribution is -2.44. The molecule has 0 spiro atoms. The molecule has 1 fully saturated rings. The number of hydrogen-bond acceptors (Lipinski definition) is 2. The van der Waals surface area contributed by atoms with Crippen LogP contribution in [0.1, 0.15) is 19.8 Å². The summed E-state index contributed by atoms with van der Waals surface area (Å²) in [5.41, 5.74) is 0. The molecule has 0 aromatic rings. The number of carbonyl (C=O) groups is 2. The van der Waals surface area contributed by atoms with E-state index in [1.165, 1.54) is 0 Å². The molecule has 0 aliphatic carbocycles. The quantitative estimate of drug-likeness (QED) is 0.558.